The van der Waals surface area contributed by atoms with Crippen LogP contribution in [-0.4, -0.2) is 25.7 Å². The molecule has 0 spiro atoms. The van der Waals surface area contributed by atoms with Crippen LogP contribution in [0.15, 0.2) is 53.0 Å². The average Bonchev–Trinajstić information content (AvgIpc) is 2.38. The van der Waals surface area contributed by atoms with Crippen molar-refractivity contribution in [2.75, 3.05) is 0 Å². The van der Waals surface area contributed by atoms with Gasteiger partial charge in [0.15, 0.2) is 0 Å². The molecule has 0 heterocycles. The molecule has 21 heavy (non-hydrogen) atoms. The first-order chi connectivity index (χ1) is 9.85. The lowest BCUT2D eigenvalue weighted by Gasteiger charge is -2.19. The number of rotatable bonds is 4. The highest BCUT2D eigenvalue weighted by molar-refractivity contribution is 7.50. The van der Waals surface area contributed by atoms with Crippen molar-refractivity contribution in [3.8, 4) is 5.75 Å². The summed E-state index contributed by atoms with van der Waals surface area (Å²) in [6.07, 6.45) is 5.51. The molecule has 1 aromatic rings. The zero-order valence-electron chi connectivity index (χ0n) is 11.1. The Morgan fingerprint density at radius 3 is 2.43 bits per heavy atom. The molecule has 0 aromatic heterocycles. The van der Waals surface area contributed by atoms with E-state index in [2.05, 4.69) is 4.76 Å². The van der Waals surface area contributed by atoms with Gasteiger partial charge in [0, 0.05) is 0 Å². The minimum Gasteiger partial charge on any atom is -0.512 e. The van der Waals surface area contributed by atoms with Crippen LogP contribution >= 0.6 is 7.75 Å². The van der Waals surface area contributed by atoms with Crippen LogP contribution in [0.4, 0.5) is 0 Å². The number of aromatic hydroxyl groups is 1. The molecule has 1 atom stereocenters. The molecule has 0 aliphatic heterocycles. The lowest BCUT2D eigenvalue weighted by atomic mass is 9.90. The van der Waals surface area contributed by atoms with E-state index in [0.717, 1.165) is 5.56 Å². The summed E-state index contributed by atoms with van der Waals surface area (Å²) < 4.78 is 14.4. The molecule has 1 unspecified atom stereocenters. The third kappa shape index (κ3) is 4.56. The molecular weight excluding hydrogens is 293 g/mol. The quantitative estimate of drug-likeness (QED) is 0.639. The highest BCUT2D eigenvalue weighted by Gasteiger charge is 2.24. The van der Waals surface area contributed by atoms with Gasteiger partial charge < -0.3 is 20.0 Å². The molecule has 1 aliphatic carbocycles. The van der Waals surface area contributed by atoms with Gasteiger partial charge in [-0.1, -0.05) is 18.2 Å². The SMILES string of the molecule is O=P(O)(O)/N=C1\C=CC=C(O)C1CCc1ccc(O)cc1. The minimum atomic E-state index is -4.53. The van der Waals surface area contributed by atoms with E-state index < -0.39 is 13.7 Å². The Labute approximate surface area is 122 Å². The van der Waals surface area contributed by atoms with Crippen LogP contribution in [0.25, 0.3) is 0 Å². The van der Waals surface area contributed by atoms with E-state index in [4.69, 9.17) is 9.79 Å². The Hall–Kier alpha value is -1.88. The third-order valence-corrected chi connectivity index (χ3v) is 3.64. The van der Waals surface area contributed by atoms with Gasteiger partial charge in [-0.3, -0.25) is 0 Å². The maximum absolute atomic E-state index is 11.0. The largest absolute Gasteiger partial charge is 0.512 e. The van der Waals surface area contributed by atoms with Gasteiger partial charge in [0.25, 0.3) is 0 Å². The summed E-state index contributed by atoms with van der Waals surface area (Å²) in [4.78, 5) is 17.9. The lowest BCUT2D eigenvalue weighted by molar-refractivity contribution is 0.355. The van der Waals surface area contributed by atoms with Crippen molar-refractivity contribution in [1.82, 2.24) is 0 Å². The van der Waals surface area contributed by atoms with E-state index in [0.29, 0.717) is 12.8 Å². The molecule has 0 saturated heterocycles. The molecule has 7 heteroatoms. The minimum absolute atomic E-state index is 0.0310. The number of benzene rings is 1. The number of hydrogen-bond donors (Lipinski definition) is 4. The van der Waals surface area contributed by atoms with Crippen LogP contribution < -0.4 is 0 Å². The van der Waals surface area contributed by atoms with Gasteiger partial charge in [-0.25, -0.2) is 4.57 Å². The number of nitrogens with zero attached hydrogens (tertiary/aromatic N) is 1. The number of aliphatic hydroxyl groups excluding tert-OH is 1. The van der Waals surface area contributed by atoms with Crippen molar-refractivity contribution in [2.24, 2.45) is 10.7 Å². The van der Waals surface area contributed by atoms with E-state index >= 15 is 0 Å². The van der Waals surface area contributed by atoms with E-state index in [1.54, 1.807) is 24.3 Å². The molecule has 0 amide bonds. The number of aryl methyl sites for hydroxylation is 1. The average molecular weight is 309 g/mol. The van der Waals surface area contributed by atoms with Crippen molar-refractivity contribution in [2.45, 2.75) is 12.8 Å². The number of phenolic OH excluding ortho intramolecular Hbond substituents is 1. The van der Waals surface area contributed by atoms with Crippen LogP contribution in [0, 0.1) is 5.92 Å². The van der Waals surface area contributed by atoms with E-state index in [1.807, 2.05) is 0 Å². The first-order valence-corrected chi connectivity index (χ1v) is 7.92. The number of aliphatic hydroxyl groups is 1. The molecular formula is C14H16NO5P. The van der Waals surface area contributed by atoms with Gasteiger partial charge in [-0.2, -0.15) is 4.76 Å². The molecule has 112 valence electrons. The second kappa shape index (κ2) is 6.26. The maximum atomic E-state index is 11.0. The lowest BCUT2D eigenvalue weighted by Crippen LogP contribution is -2.18. The number of phenols is 1. The van der Waals surface area contributed by atoms with Gasteiger partial charge >= 0.3 is 7.75 Å². The number of hydrogen-bond acceptors (Lipinski definition) is 3. The molecule has 1 aromatic carbocycles. The van der Waals surface area contributed by atoms with Crippen molar-refractivity contribution >= 4 is 13.5 Å². The van der Waals surface area contributed by atoms with Crippen molar-refractivity contribution in [1.29, 1.82) is 0 Å². The Bertz CT molecular complexity index is 642. The summed E-state index contributed by atoms with van der Waals surface area (Å²) in [7, 11) is -4.53. The summed E-state index contributed by atoms with van der Waals surface area (Å²) in [6, 6.07) is 6.65. The fourth-order valence-electron chi connectivity index (χ4n) is 2.15. The highest BCUT2D eigenvalue weighted by atomic mass is 31.2. The smallest absolute Gasteiger partial charge is 0.448 e. The predicted octanol–water partition coefficient (Wildman–Crippen LogP) is 2.49. The third-order valence-electron chi connectivity index (χ3n) is 3.15. The molecule has 0 fully saturated rings. The highest BCUT2D eigenvalue weighted by Crippen LogP contribution is 2.38. The maximum Gasteiger partial charge on any atom is 0.448 e. The summed E-state index contributed by atoms with van der Waals surface area (Å²) in [6.45, 7) is 0. The Morgan fingerprint density at radius 2 is 1.81 bits per heavy atom. The Morgan fingerprint density at radius 1 is 1.14 bits per heavy atom. The van der Waals surface area contributed by atoms with Crippen LogP contribution in [0.3, 0.4) is 0 Å². The summed E-state index contributed by atoms with van der Waals surface area (Å²) >= 11 is 0. The number of allylic oxidation sites excluding steroid dienone is 4. The van der Waals surface area contributed by atoms with Crippen LogP contribution in [0.5, 0.6) is 5.75 Å². The molecule has 4 N–H and O–H groups in total. The predicted molar refractivity (Wildman–Crippen MR) is 79.2 cm³/mol. The second-order valence-electron chi connectivity index (χ2n) is 4.75. The van der Waals surface area contributed by atoms with Crippen LogP contribution in [-0.2, 0) is 11.0 Å². The molecule has 2 rings (SSSR count). The fourth-order valence-corrected chi connectivity index (χ4v) is 2.66. The monoisotopic (exact) mass is 309 g/mol. The summed E-state index contributed by atoms with van der Waals surface area (Å²) in [5.74, 6) is -0.342. The summed E-state index contributed by atoms with van der Waals surface area (Å²) in [5, 5.41) is 19.1. The Kier molecular flexibility index (Phi) is 4.63. The van der Waals surface area contributed by atoms with Crippen LogP contribution in [0.2, 0.25) is 0 Å². The molecule has 0 radical (unpaired) electrons. The van der Waals surface area contributed by atoms with Gasteiger partial charge in [0.1, 0.15) is 11.5 Å². The van der Waals surface area contributed by atoms with Crippen molar-refractivity contribution < 1.29 is 24.6 Å². The second-order valence-corrected chi connectivity index (χ2v) is 5.97. The normalized spacial score (nSPS) is 20.6. The van der Waals surface area contributed by atoms with E-state index in [1.165, 1.54) is 18.2 Å². The van der Waals surface area contributed by atoms with Crippen molar-refractivity contribution in [3.05, 3.63) is 53.8 Å². The van der Waals surface area contributed by atoms with Crippen LogP contribution in [0.1, 0.15) is 12.0 Å². The zero-order chi connectivity index (χ0) is 15.5. The molecule has 0 saturated carbocycles. The van der Waals surface area contributed by atoms with Crippen molar-refractivity contribution in [3.63, 3.8) is 0 Å². The van der Waals surface area contributed by atoms with E-state index in [-0.39, 0.29) is 17.2 Å². The van der Waals surface area contributed by atoms with Gasteiger partial charge in [-0.15, -0.1) is 0 Å². The fraction of sp³-hybridized carbons (Fsp3) is 0.214. The van der Waals surface area contributed by atoms with Gasteiger partial charge in [-0.05, 0) is 42.7 Å². The molecule has 1 aliphatic rings. The molecule has 6 nitrogen and oxygen atoms in total. The summed E-state index contributed by atoms with van der Waals surface area (Å²) in [5.41, 5.74) is 1.12. The molecule has 0 bridgehead atoms. The van der Waals surface area contributed by atoms with E-state index in [9.17, 15) is 14.8 Å². The zero-order valence-corrected chi connectivity index (χ0v) is 12.0. The first-order valence-electron chi connectivity index (χ1n) is 6.36. The Balaban J connectivity index is 2.13. The standard InChI is InChI=1S/C14H16NO5P/c16-11-7-4-10(5-8-11)6-9-12-13(15-21(18,19)20)2-1-3-14(12)17/h1-5,7-8,12,16-17H,6,9H2,(H2,18,19,20)/b15-13+. The topological polar surface area (TPSA) is 110 Å². The van der Waals surface area contributed by atoms with Gasteiger partial charge in [0.05, 0.1) is 11.6 Å². The first kappa shape index (κ1) is 15.5. The van der Waals surface area contributed by atoms with Gasteiger partial charge in [0.2, 0.25) is 0 Å².